The van der Waals surface area contributed by atoms with Crippen LogP contribution in [0.5, 0.6) is 5.75 Å². The van der Waals surface area contributed by atoms with E-state index >= 15 is 0 Å². The van der Waals surface area contributed by atoms with Crippen molar-refractivity contribution in [2.45, 2.75) is 45.8 Å². The zero-order valence-electron chi connectivity index (χ0n) is 20.7. The molecule has 0 aliphatic carbocycles. The lowest BCUT2D eigenvalue weighted by atomic mass is 10.1. The van der Waals surface area contributed by atoms with Gasteiger partial charge in [0.2, 0.25) is 5.95 Å². The van der Waals surface area contributed by atoms with Gasteiger partial charge >= 0.3 is 5.69 Å². The van der Waals surface area contributed by atoms with E-state index in [1.54, 1.807) is 38.4 Å². The summed E-state index contributed by atoms with van der Waals surface area (Å²) in [6, 6.07) is 6.59. The van der Waals surface area contributed by atoms with Gasteiger partial charge < -0.3 is 19.9 Å². The van der Waals surface area contributed by atoms with E-state index in [0.717, 1.165) is 29.5 Å². The van der Waals surface area contributed by atoms with Crippen LogP contribution in [0.15, 0.2) is 45.5 Å². The Hall–Kier alpha value is -3.66. The second kappa shape index (κ2) is 9.91. The van der Waals surface area contributed by atoms with Crippen LogP contribution >= 0.6 is 0 Å². The van der Waals surface area contributed by atoms with Crippen molar-refractivity contribution in [2.24, 2.45) is 12.8 Å². The van der Waals surface area contributed by atoms with Crippen molar-refractivity contribution in [1.82, 2.24) is 18.7 Å². The van der Waals surface area contributed by atoms with E-state index in [2.05, 4.69) is 4.90 Å². The number of rotatable bonds is 7. The molecule has 1 saturated heterocycles. The van der Waals surface area contributed by atoms with Crippen LogP contribution in [0.1, 0.15) is 37.0 Å². The number of nitrogens with two attached hydrogens (primary N) is 1. The molecule has 10 nitrogen and oxygen atoms in total. The van der Waals surface area contributed by atoms with Crippen LogP contribution < -0.4 is 26.6 Å². The number of piperidine rings is 1. The Bertz CT molecular complexity index is 1390. The van der Waals surface area contributed by atoms with E-state index in [0.29, 0.717) is 41.5 Å². The fraction of sp³-hybridized carbons (Fsp3) is 0.440. The van der Waals surface area contributed by atoms with Crippen LogP contribution in [0, 0.1) is 0 Å². The van der Waals surface area contributed by atoms with Crippen LogP contribution in [-0.2, 0) is 20.1 Å². The van der Waals surface area contributed by atoms with Gasteiger partial charge in [0.1, 0.15) is 5.75 Å². The summed E-state index contributed by atoms with van der Waals surface area (Å²) in [6.45, 7) is 5.40. The summed E-state index contributed by atoms with van der Waals surface area (Å²) in [5, 5.41) is 0. The summed E-state index contributed by atoms with van der Waals surface area (Å²) < 4.78 is 9.29. The summed E-state index contributed by atoms with van der Waals surface area (Å²) in [4.78, 5) is 46.5. The van der Waals surface area contributed by atoms with Gasteiger partial charge in [-0.05, 0) is 51.0 Å². The number of benzene rings is 1. The molecule has 2 aromatic heterocycles. The highest BCUT2D eigenvalue weighted by atomic mass is 16.5. The van der Waals surface area contributed by atoms with Crippen molar-refractivity contribution in [3.05, 3.63) is 62.3 Å². The minimum absolute atomic E-state index is 0.0167. The number of nitrogens with zero attached hydrogens (tertiary/aromatic N) is 5. The lowest BCUT2D eigenvalue weighted by molar-refractivity contribution is 0.0969. The highest BCUT2D eigenvalue weighted by Crippen LogP contribution is 2.23. The molecule has 2 N–H and O–H groups in total. The van der Waals surface area contributed by atoms with Gasteiger partial charge in [-0.1, -0.05) is 11.6 Å². The molecule has 0 spiro atoms. The molecular formula is C25H32N6O4. The van der Waals surface area contributed by atoms with Gasteiger partial charge in [0.25, 0.3) is 5.56 Å². The number of hydrogen-bond acceptors (Lipinski definition) is 7. The van der Waals surface area contributed by atoms with Crippen molar-refractivity contribution in [3.8, 4) is 5.75 Å². The number of aromatic nitrogens is 4. The average molecular weight is 481 g/mol. The number of imidazole rings is 1. The summed E-state index contributed by atoms with van der Waals surface area (Å²) >= 11 is 0. The Morgan fingerprint density at radius 1 is 1.20 bits per heavy atom. The van der Waals surface area contributed by atoms with E-state index in [-0.39, 0.29) is 18.4 Å². The van der Waals surface area contributed by atoms with Crippen molar-refractivity contribution in [1.29, 1.82) is 0 Å². The first kappa shape index (κ1) is 24.5. The number of carbonyl (C=O) groups is 1. The fourth-order valence-electron chi connectivity index (χ4n) is 4.39. The first-order chi connectivity index (χ1) is 16.7. The maximum absolute atomic E-state index is 13.6. The van der Waals surface area contributed by atoms with Gasteiger partial charge in [-0.25, -0.2) is 4.79 Å². The second-order valence-electron chi connectivity index (χ2n) is 9.21. The quantitative estimate of drug-likeness (QED) is 0.404. The summed E-state index contributed by atoms with van der Waals surface area (Å²) in [7, 11) is 3.11. The standard InChI is InChI=1S/C25H32N6O4/c1-16(2)11-13-30-21-22(27-24(30)29-12-5-6-18(26)14-29)28(3)25(34)31(23(21)33)15-20(32)17-7-9-19(35-4)10-8-17/h7-11,18H,5-6,12-15,26H2,1-4H3. The number of hydrogen-bond donors (Lipinski definition) is 1. The Morgan fingerprint density at radius 2 is 1.91 bits per heavy atom. The van der Waals surface area contributed by atoms with Gasteiger partial charge in [0.15, 0.2) is 16.9 Å². The third-order valence-electron chi connectivity index (χ3n) is 6.35. The Morgan fingerprint density at radius 3 is 2.54 bits per heavy atom. The third kappa shape index (κ3) is 4.79. The van der Waals surface area contributed by atoms with E-state index in [9.17, 15) is 14.4 Å². The number of carbonyl (C=O) groups excluding carboxylic acids is 1. The normalized spacial score (nSPS) is 15.9. The molecule has 1 fully saturated rings. The summed E-state index contributed by atoms with van der Waals surface area (Å²) in [5.74, 6) is 0.881. The van der Waals surface area contributed by atoms with Crippen LogP contribution in [0.3, 0.4) is 0 Å². The third-order valence-corrected chi connectivity index (χ3v) is 6.35. The molecule has 3 heterocycles. The van der Waals surface area contributed by atoms with Crippen molar-refractivity contribution < 1.29 is 9.53 Å². The molecule has 1 aromatic carbocycles. The van der Waals surface area contributed by atoms with Gasteiger partial charge in [-0.2, -0.15) is 4.98 Å². The molecule has 0 bridgehead atoms. The molecule has 35 heavy (non-hydrogen) atoms. The monoisotopic (exact) mass is 480 g/mol. The van der Waals surface area contributed by atoms with Crippen molar-refractivity contribution in [3.63, 3.8) is 0 Å². The summed E-state index contributed by atoms with van der Waals surface area (Å²) in [5.41, 5.74) is 7.16. The lowest BCUT2D eigenvalue weighted by Crippen LogP contribution is -2.44. The van der Waals surface area contributed by atoms with E-state index in [1.807, 2.05) is 24.5 Å². The van der Waals surface area contributed by atoms with E-state index < -0.39 is 11.2 Å². The minimum Gasteiger partial charge on any atom is -0.497 e. The van der Waals surface area contributed by atoms with Gasteiger partial charge in [-0.3, -0.25) is 18.7 Å². The van der Waals surface area contributed by atoms with Crippen molar-refractivity contribution in [2.75, 3.05) is 25.1 Å². The maximum atomic E-state index is 13.6. The molecule has 1 atom stereocenters. The van der Waals surface area contributed by atoms with Crippen molar-refractivity contribution >= 4 is 22.9 Å². The number of aryl methyl sites for hydroxylation is 1. The number of anilines is 1. The van der Waals surface area contributed by atoms with Crippen LogP contribution in [0.25, 0.3) is 11.2 Å². The highest BCUT2D eigenvalue weighted by molar-refractivity contribution is 5.96. The average Bonchev–Trinajstić information content (AvgIpc) is 3.24. The van der Waals surface area contributed by atoms with Gasteiger partial charge in [-0.15, -0.1) is 0 Å². The zero-order chi connectivity index (χ0) is 25.3. The molecule has 1 aliphatic rings. The lowest BCUT2D eigenvalue weighted by Gasteiger charge is -2.31. The van der Waals surface area contributed by atoms with Crippen LogP contribution in [-0.4, -0.2) is 50.7 Å². The first-order valence-electron chi connectivity index (χ1n) is 11.7. The predicted molar refractivity (Wildman–Crippen MR) is 135 cm³/mol. The molecule has 1 unspecified atom stereocenters. The van der Waals surface area contributed by atoms with E-state index in [4.69, 9.17) is 15.5 Å². The Balaban J connectivity index is 1.84. The molecule has 0 radical (unpaired) electrons. The number of Topliss-reactive ketones (excluding diaryl/α,β-unsaturated/α-hetero) is 1. The van der Waals surface area contributed by atoms with Crippen LogP contribution in [0.2, 0.25) is 0 Å². The molecule has 10 heteroatoms. The van der Waals surface area contributed by atoms with Gasteiger partial charge in [0, 0.05) is 38.3 Å². The molecular weight excluding hydrogens is 448 g/mol. The SMILES string of the molecule is COc1ccc(C(=O)Cn2c(=O)c3c(nc(N4CCCC(N)C4)n3CC=C(C)C)n(C)c2=O)cc1. The molecule has 0 saturated carbocycles. The first-order valence-corrected chi connectivity index (χ1v) is 11.7. The van der Waals surface area contributed by atoms with Crippen LogP contribution in [0.4, 0.5) is 5.95 Å². The maximum Gasteiger partial charge on any atom is 0.332 e. The molecule has 4 rings (SSSR count). The number of allylic oxidation sites excluding steroid dienone is 2. The second-order valence-corrected chi connectivity index (χ2v) is 9.21. The molecule has 3 aromatic rings. The topological polar surface area (TPSA) is 117 Å². The number of methoxy groups -OCH3 is 1. The zero-order valence-corrected chi connectivity index (χ0v) is 20.7. The molecule has 1 aliphatic heterocycles. The van der Waals surface area contributed by atoms with E-state index in [1.165, 1.54) is 4.57 Å². The number of ketones is 1. The predicted octanol–water partition coefficient (Wildman–Crippen LogP) is 1.68. The minimum atomic E-state index is -0.585. The Kier molecular flexibility index (Phi) is 6.93. The number of ether oxygens (including phenoxy) is 1. The molecule has 0 amide bonds. The number of fused-ring (bicyclic) bond motifs is 1. The Labute approximate surface area is 203 Å². The summed E-state index contributed by atoms with van der Waals surface area (Å²) in [6.07, 6.45) is 3.86. The molecule has 186 valence electrons. The highest BCUT2D eigenvalue weighted by Gasteiger charge is 2.26. The van der Waals surface area contributed by atoms with Gasteiger partial charge in [0.05, 0.1) is 13.7 Å². The largest absolute Gasteiger partial charge is 0.497 e. The smallest absolute Gasteiger partial charge is 0.332 e. The fourth-order valence-corrected chi connectivity index (χ4v) is 4.39.